The van der Waals surface area contributed by atoms with Crippen LogP contribution < -0.4 is 10.6 Å². The lowest BCUT2D eigenvalue weighted by Gasteiger charge is -2.31. The van der Waals surface area contributed by atoms with E-state index in [9.17, 15) is 0 Å². The Morgan fingerprint density at radius 1 is 1.61 bits per heavy atom. The Hall–Kier alpha value is -1.78. The van der Waals surface area contributed by atoms with E-state index in [1.807, 2.05) is 12.1 Å². The van der Waals surface area contributed by atoms with Gasteiger partial charge in [0.2, 0.25) is 0 Å². The van der Waals surface area contributed by atoms with Crippen LogP contribution in [0.1, 0.15) is 38.8 Å². The van der Waals surface area contributed by atoms with Crippen LogP contribution in [0, 0.1) is 0 Å². The number of nitrogens with zero attached hydrogens (tertiary/aromatic N) is 3. The normalized spacial score (nSPS) is 24.6. The Balaban J connectivity index is 2.44. The summed E-state index contributed by atoms with van der Waals surface area (Å²) >= 11 is 0. The van der Waals surface area contributed by atoms with Gasteiger partial charge < -0.3 is 15.8 Å². The van der Waals surface area contributed by atoms with E-state index in [1.54, 1.807) is 6.20 Å². The smallest absolute Gasteiger partial charge is 0.190 e. The standard InChI is InChI=1S/C13H20N4O/c1-3-10-7-6-9(2)17(10)11-5-4-8-15-12(11)13(14)16-18/h4-5,8-10,18H,3,6-7H2,1-2H3,(H2,14,16). The van der Waals surface area contributed by atoms with E-state index in [0.717, 1.165) is 12.1 Å². The van der Waals surface area contributed by atoms with Crippen LogP contribution in [0.15, 0.2) is 23.5 Å². The van der Waals surface area contributed by atoms with Crippen molar-refractivity contribution < 1.29 is 5.21 Å². The van der Waals surface area contributed by atoms with Crippen LogP contribution in [0.25, 0.3) is 0 Å². The summed E-state index contributed by atoms with van der Waals surface area (Å²) < 4.78 is 0. The van der Waals surface area contributed by atoms with Crippen molar-refractivity contribution in [1.29, 1.82) is 0 Å². The lowest BCUT2D eigenvalue weighted by molar-refractivity contribution is 0.318. The summed E-state index contributed by atoms with van der Waals surface area (Å²) in [5, 5.41) is 11.9. The maximum atomic E-state index is 8.85. The third kappa shape index (κ3) is 2.12. The average molecular weight is 248 g/mol. The van der Waals surface area contributed by atoms with Crippen molar-refractivity contribution in [2.45, 2.75) is 45.2 Å². The van der Waals surface area contributed by atoms with Gasteiger partial charge in [-0.2, -0.15) is 0 Å². The van der Waals surface area contributed by atoms with E-state index in [-0.39, 0.29) is 5.84 Å². The molecular formula is C13H20N4O. The molecule has 5 nitrogen and oxygen atoms in total. The quantitative estimate of drug-likeness (QED) is 0.371. The predicted octanol–water partition coefficient (Wildman–Crippen LogP) is 1.94. The molecule has 2 heterocycles. The van der Waals surface area contributed by atoms with E-state index in [2.05, 4.69) is 28.9 Å². The van der Waals surface area contributed by atoms with Crippen molar-refractivity contribution in [2.24, 2.45) is 10.9 Å². The molecule has 1 aromatic heterocycles. The van der Waals surface area contributed by atoms with Crippen LogP contribution in [0.2, 0.25) is 0 Å². The van der Waals surface area contributed by atoms with Crippen molar-refractivity contribution in [3.8, 4) is 0 Å². The van der Waals surface area contributed by atoms with Crippen LogP contribution in [0.5, 0.6) is 0 Å². The first-order valence-electron chi connectivity index (χ1n) is 6.40. The molecule has 0 aliphatic carbocycles. The minimum absolute atomic E-state index is 0.0690. The number of aromatic nitrogens is 1. The monoisotopic (exact) mass is 248 g/mol. The number of rotatable bonds is 3. The van der Waals surface area contributed by atoms with Crippen LogP contribution in [-0.4, -0.2) is 28.1 Å². The third-order valence-corrected chi connectivity index (χ3v) is 3.67. The van der Waals surface area contributed by atoms with Crippen LogP contribution in [0.3, 0.4) is 0 Å². The molecule has 1 fully saturated rings. The Kier molecular flexibility index (Phi) is 3.69. The molecule has 0 radical (unpaired) electrons. The molecule has 2 atom stereocenters. The topological polar surface area (TPSA) is 74.7 Å². The molecule has 1 aromatic rings. The van der Waals surface area contributed by atoms with Gasteiger partial charge >= 0.3 is 0 Å². The Morgan fingerprint density at radius 2 is 2.39 bits per heavy atom. The summed E-state index contributed by atoms with van der Waals surface area (Å²) in [6, 6.07) is 4.85. The van der Waals surface area contributed by atoms with Gasteiger partial charge in [-0.1, -0.05) is 12.1 Å². The Labute approximate surface area is 107 Å². The number of nitrogens with two attached hydrogens (primary N) is 1. The number of amidine groups is 1. The molecule has 0 saturated carbocycles. The summed E-state index contributed by atoms with van der Waals surface area (Å²) in [5.74, 6) is 0.0690. The first kappa shape index (κ1) is 12.7. The van der Waals surface area contributed by atoms with Gasteiger partial charge in [0.15, 0.2) is 5.84 Å². The fourth-order valence-corrected chi connectivity index (χ4v) is 2.76. The number of hydrogen-bond donors (Lipinski definition) is 2. The van der Waals surface area contributed by atoms with Crippen LogP contribution in [-0.2, 0) is 0 Å². The molecule has 98 valence electrons. The largest absolute Gasteiger partial charge is 0.409 e. The van der Waals surface area contributed by atoms with Gasteiger partial charge in [-0.05, 0) is 38.3 Å². The van der Waals surface area contributed by atoms with Gasteiger partial charge in [-0.25, -0.2) is 0 Å². The van der Waals surface area contributed by atoms with Gasteiger partial charge in [0.05, 0.1) is 5.69 Å². The van der Waals surface area contributed by atoms with Gasteiger partial charge in [0.1, 0.15) is 5.69 Å². The van der Waals surface area contributed by atoms with E-state index >= 15 is 0 Å². The van der Waals surface area contributed by atoms with Gasteiger partial charge in [0, 0.05) is 18.3 Å². The van der Waals surface area contributed by atoms with Gasteiger partial charge in [0.25, 0.3) is 0 Å². The average Bonchev–Trinajstić information content (AvgIpc) is 2.78. The number of oxime groups is 1. The fourth-order valence-electron chi connectivity index (χ4n) is 2.76. The molecule has 0 aromatic carbocycles. The summed E-state index contributed by atoms with van der Waals surface area (Å²) in [6.07, 6.45) is 5.11. The molecule has 5 heteroatoms. The van der Waals surface area contributed by atoms with Crippen molar-refractivity contribution in [3.05, 3.63) is 24.0 Å². The summed E-state index contributed by atoms with van der Waals surface area (Å²) in [5.41, 5.74) is 7.23. The molecule has 0 bridgehead atoms. The third-order valence-electron chi connectivity index (χ3n) is 3.67. The van der Waals surface area contributed by atoms with Crippen molar-refractivity contribution in [3.63, 3.8) is 0 Å². The maximum absolute atomic E-state index is 8.85. The van der Waals surface area contributed by atoms with Crippen LogP contribution in [0.4, 0.5) is 5.69 Å². The second kappa shape index (κ2) is 5.25. The number of pyridine rings is 1. The zero-order valence-corrected chi connectivity index (χ0v) is 10.9. The first-order valence-corrected chi connectivity index (χ1v) is 6.40. The molecule has 1 aliphatic heterocycles. The SMILES string of the molecule is CCC1CCC(C)N1c1cccnc1/C(N)=N/O. The van der Waals surface area contributed by atoms with Crippen molar-refractivity contribution in [2.75, 3.05) is 4.90 Å². The van der Waals surface area contributed by atoms with E-state index in [1.165, 1.54) is 12.8 Å². The molecule has 2 rings (SSSR count). The zero-order chi connectivity index (χ0) is 13.1. The summed E-state index contributed by atoms with van der Waals surface area (Å²) in [7, 11) is 0. The molecule has 2 unspecified atom stereocenters. The van der Waals surface area contributed by atoms with Crippen molar-refractivity contribution >= 4 is 11.5 Å². The molecular weight excluding hydrogens is 228 g/mol. The Morgan fingerprint density at radius 3 is 3.06 bits per heavy atom. The van der Waals surface area contributed by atoms with Gasteiger partial charge in [-0.3, -0.25) is 4.98 Å². The fraction of sp³-hybridized carbons (Fsp3) is 0.538. The lowest BCUT2D eigenvalue weighted by atomic mass is 10.1. The minimum Gasteiger partial charge on any atom is -0.409 e. The summed E-state index contributed by atoms with van der Waals surface area (Å²) in [4.78, 5) is 6.59. The van der Waals surface area contributed by atoms with E-state index in [0.29, 0.717) is 17.8 Å². The molecule has 3 N–H and O–H groups in total. The number of hydrogen-bond acceptors (Lipinski definition) is 4. The van der Waals surface area contributed by atoms with E-state index in [4.69, 9.17) is 10.9 Å². The summed E-state index contributed by atoms with van der Waals surface area (Å²) in [6.45, 7) is 4.40. The Bertz CT molecular complexity index is 446. The predicted molar refractivity (Wildman–Crippen MR) is 72.0 cm³/mol. The minimum atomic E-state index is 0.0690. The van der Waals surface area contributed by atoms with Gasteiger partial charge in [-0.15, -0.1) is 0 Å². The highest BCUT2D eigenvalue weighted by Crippen LogP contribution is 2.33. The molecule has 0 spiro atoms. The highest BCUT2D eigenvalue weighted by Gasteiger charge is 2.31. The maximum Gasteiger partial charge on any atom is 0.190 e. The van der Waals surface area contributed by atoms with Crippen LogP contribution >= 0.6 is 0 Å². The van der Waals surface area contributed by atoms with Crippen molar-refractivity contribution in [1.82, 2.24) is 4.98 Å². The second-order valence-electron chi connectivity index (χ2n) is 4.75. The van der Waals surface area contributed by atoms with E-state index < -0.39 is 0 Å². The zero-order valence-electron chi connectivity index (χ0n) is 10.9. The highest BCUT2D eigenvalue weighted by atomic mass is 16.4. The molecule has 1 saturated heterocycles. The number of anilines is 1. The second-order valence-corrected chi connectivity index (χ2v) is 4.75. The molecule has 18 heavy (non-hydrogen) atoms. The lowest BCUT2D eigenvalue weighted by Crippen LogP contribution is -2.36. The molecule has 0 amide bonds. The highest BCUT2D eigenvalue weighted by molar-refractivity contribution is 6.00. The first-order chi connectivity index (χ1) is 8.69. The molecule has 1 aliphatic rings.